The van der Waals surface area contributed by atoms with Crippen molar-refractivity contribution in [1.82, 2.24) is 10.2 Å². The second-order valence-corrected chi connectivity index (χ2v) is 5.76. The summed E-state index contributed by atoms with van der Waals surface area (Å²) in [7, 11) is 2.02. The van der Waals surface area contributed by atoms with Gasteiger partial charge in [0.1, 0.15) is 0 Å². The third-order valence-corrected chi connectivity index (χ3v) is 4.54. The predicted molar refractivity (Wildman–Crippen MR) is 81.0 cm³/mol. The minimum Gasteiger partial charge on any atom is -0.317 e. The lowest BCUT2D eigenvalue weighted by molar-refractivity contribution is -0.119. The van der Waals surface area contributed by atoms with Gasteiger partial charge in [-0.1, -0.05) is 18.2 Å². The average Bonchev–Trinajstić information content (AvgIpc) is 2.92. The fourth-order valence-electron chi connectivity index (χ4n) is 3.25. The summed E-state index contributed by atoms with van der Waals surface area (Å²) in [6, 6.07) is 8.88. The van der Waals surface area contributed by atoms with Crippen molar-refractivity contribution in [2.75, 3.05) is 38.1 Å². The SMILES string of the molecule is CNC1CCN(CC(=O)N2CCc3ccccc32)CC1. The topological polar surface area (TPSA) is 35.6 Å². The Balaban J connectivity index is 1.58. The van der Waals surface area contributed by atoms with Crippen LogP contribution in [0.3, 0.4) is 0 Å². The lowest BCUT2D eigenvalue weighted by Gasteiger charge is -2.32. The Morgan fingerprint density at radius 1 is 1.25 bits per heavy atom. The van der Waals surface area contributed by atoms with E-state index < -0.39 is 0 Å². The third kappa shape index (κ3) is 2.72. The van der Waals surface area contributed by atoms with Gasteiger partial charge in [-0.05, 0) is 37.9 Å². The number of hydrogen-bond donors (Lipinski definition) is 1. The second-order valence-electron chi connectivity index (χ2n) is 5.76. The summed E-state index contributed by atoms with van der Waals surface area (Å²) in [5, 5.41) is 3.32. The standard InChI is InChI=1S/C16H23N3O/c1-17-14-7-9-18(10-8-14)12-16(20)19-11-6-13-4-2-3-5-15(13)19/h2-5,14,17H,6-12H2,1H3. The molecule has 1 saturated heterocycles. The monoisotopic (exact) mass is 273 g/mol. The van der Waals surface area contributed by atoms with Crippen LogP contribution in [0, 0.1) is 0 Å². The molecule has 0 bridgehead atoms. The summed E-state index contributed by atoms with van der Waals surface area (Å²) in [4.78, 5) is 16.7. The van der Waals surface area contributed by atoms with E-state index in [4.69, 9.17) is 0 Å². The number of para-hydroxylation sites is 1. The third-order valence-electron chi connectivity index (χ3n) is 4.54. The number of fused-ring (bicyclic) bond motifs is 1. The Labute approximate surface area is 120 Å². The van der Waals surface area contributed by atoms with Crippen molar-refractivity contribution in [3.8, 4) is 0 Å². The van der Waals surface area contributed by atoms with Gasteiger partial charge in [0, 0.05) is 31.4 Å². The number of rotatable bonds is 3. The van der Waals surface area contributed by atoms with Crippen molar-refractivity contribution >= 4 is 11.6 Å². The molecule has 2 aliphatic rings. The molecule has 1 fully saturated rings. The van der Waals surface area contributed by atoms with Crippen molar-refractivity contribution in [3.05, 3.63) is 29.8 Å². The number of likely N-dealkylation sites (tertiary alicyclic amines) is 1. The molecule has 1 aromatic rings. The summed E-state index contributed by atoms with van der Waals surface area (Å²) < 4.78 is 0. The number of hydrogen-bond acceptors (Lipinski definition) is 3. The molecule has 2 heterocycles. The van der Waals surface area contributed by atoms with Gasteiger partial charge in [-0.25, -0.2) is 0 Å². The Morgan fingerprint density at radius 2 is 2.00 bits per heavy atom. The summed E-state index contributed by atoms with van der Waals surface area (Å²) in [6.07, 6.45) is 3.27. The summed E-state index contributed by atoms with van der Waals surface area (Å²) in [6.45, 7) is 3.44. The predicted octanol–water partition coefficient (Wildman–Crippen LogP) is 1.26. The van der Waals surface area contributed by atoms with Crippen LogP contribution in [0.4, 0.5) is 5.69 Å². The molecule has 0 aliphatic carbocycles. The van der Waals surface area contributed by atoms with E-state index in [1.807, 2.05) is 18.0 Å². The normalized spacial score (nSPS) is 20.1. The van der Waals surface area contributed by atoms with E-state index in [0.717, 1.165) is 44.6 Å². The lowest BCUT2D eigenvalue weighted by atomic mass is 10.1. The lowest BCUT2D eigenvalue weighted by Crippen LogP contribution is -2.46. The highest BCUT2D eigenvalue weighted by molar-refractivity contribution is 5.96. The molecule has 0 unspecified atom stereocenters. The van der Waals surface area contributed by atoms with E-state index in [1.165, 1.54) is 5.56 Å². The zero-order valence-electron chi connectivity index (χ0n) is 12.1. The van der Waals surface area contributed by atoms with E-state index >= 15 is 0 Å². The number of nitrogens with zero attached hydrogens (tertiary/aromatic N) is 2. The molecule has 0 radical (unpaired) electrons. The molecule has 0 aromatic heterocycles. The molecule has 0 spiro atoms. The Morgan fingerprint density at radius 3 is 2.75 bits per heavy atom. The van der Waals surface area contributed by atoms with Gasteiger partial charge in [0.05, 0.1) is 6.54 Å². The molecular formula is C16H23N3O. The molecule has 3 rings (SSSR count). The van der Waals surface area contributed by atoms with Crippen LogP contribution in [0.2, 0.25) is 0 Å². The first-order valence-corrected chi connectivity index (χ1v) is 7.56. The minimum absolute atomic E-state index is 0.248. The van der Waals surface area contributed by atoms with Crippen molar-refractivity contribution < 1.29 is 4.79 Å². The zero-order chi connectivity index (χ0) is 13.9. The van der Waals surface area contributed by atoms with Crippen molar-refractivity contribution in [3.63, 3.8) is 0 Å². The number of piperidine rings is 1. The van der Waals surface area contributed by atoms with Crippen LogP contribution in [-0.4, -0.2) is 50.1 Å². The first kappa shape index (κ1) is 13.6. The number of anilines is 1. The maximum Gasteiger partial charge on any atom is 0.241 e. The van der Waals surface area contributed by atoms with Crippen LogP contribution >= 0.6 is 0 Å². The van der Waals surface area contributed by atoms with Gasteiger partial charge in [0.25, 0.3) is 0 Å². The first-order valence-electron chi connectivity index (χ1n) is 7.56. The molecule has 20 heavy (non-hydrogen) atoms. The molecule has 0 saturated carbocycles. The smallest absolute Gasteiger partial charge is 0.241 e. The molecule has 108 valence electrons. The highest BCUT2D eigenvalue weighted by Crippen LogP contribution is 2.27. The van der Waals surface area contributed by atoms with Gasteiger partial charge in [0.2, 0.25) is 5.91 Å². The van der Waals surface area contributed by atoms with Crippen LogP contribution < -0.4 is 10.2 Å². The van der Waals surface area contributed by atoms with Gasteiger partial charge in [-0.2, -0.15) is 0 Å². The van der Waals surface area contributed by atoms with Crippen LogP contribution in [0.25, 0.3) is 0 Å². The molecule has 4 nitrogen and oxygen atoms in total. The Kier molecular flexibility index (Phi) is 4.03. The van der Waals surface area contributed by atoms with Gasteiger partial charge in [0.15, 0.2) is 0 Å². The number of carbonyl (C=O) groups is 1. The fraction of sp³-hybridized carbons (Fsp3) is 0.562. The quantitative estimate of drug-likeness (QED) is 0.900. The Bertz CT molecular complexity index is 480. The van der Waals surface area contributed by atoms with Gasteiger partial charge in [-0.3, -0.25) is 9.69 Å². The molecule has 0 atom stereocenters. The van der Waals surface area contributed by atoms with Gasteiger partial charge >= 0.3 is 0 Å². The highest BCUT2D eigenvalue weighted by atomic mass is 16.2. The maximum absolute atomic E-state index is 12.5. The Hall–Kier alpha value is -1.39. The van der Waals surface area contributed by atoms with E-state index in [-0.39, 0.29) is 5.91 Å². The van der Waals surface area contributed by atoms with Crippen LogP contribution in [0.15, 0.2) is 24.3 Å². The molecule has 2 aliphatic heterocycles. The van der Waals surface area contributed by atoms with Crippen LogP contribution in [0.5, 0.6) is 0 Å². The number of nitrogens with one attached hydrogen (secondary N) is 1. The molecule has 1 N–H and O–H groups in total. The fourth-order valence-corrected chi connectivity index (χ4v) is 3.25. The molecule has 1 aromatic carbocycles. The molecule has 1 amide bonds. The zero-order valence-corrected chi connectivity index (χ0v) is 12.1. The molecule has 4 heteroatoms. The van der Waals surface area contributed by atoms with E-state index in [2.05, 4.69) is 28.4 Å². The van der Waals surface area contributed by atoms with Crippen molar-refractivity contribution in [2.45, 2.75) is 25.3 Å². The minimum atomic E-state index is 0.248. The van der Waals surface area contributed by atoms with Crippen molar-refractivity contribution in [1.29, 1.82) is 0 Å². The van der Waals surface area contributed by atoms with E-state index in [1.54, 1.807) is 0 Å². The number of benzene rings is 1. The largest absolute Gasteiger partial charge is 0.317 e. The van der Waals surface area contributed by atoms with Crippen molar-refractivity contribution in [2.24, 2.45) is 0 Å². The van der Waals surface area contributed by atoms with E-state index in [9.17, 15) is 4.79 Å². The van der Waals surface area contributed by atoms with Gasteiger partial charge in [-0.15, -0.1) is 0 Å². The summed E-state index contributed by atoms with van der Waals surface area (Å²) in [5.41, 5.74) is 2.41. The number of amides is 1. The highest BCUT2D eigenvalue weighted by Gasteiger charge is 2.26. The van der Waals surface area contributed by atoms with Crippen LogP contribution in [-0.2, 0) is 11.2 Å². The van der Waals surface area contributed by atoms with Gasteiger partial charge < -0.3 is 10.2 Å². The number of carbonyl (C=O) groups excluding carboxylic acids is 1. The van der Waals surface area contributed by atoms with Crippen LogP contribution in [0.1, 0.15) is 18.4 Å². The summed E-state index contributed by atoms with van der Waals surface area (Å²) in [5.74, 6) is 0.248. The average molecular weight is 273 g/mol. The van der Waals surface area contributed by atoms with E-state index in [0.29, 0.717) is 12.6 Å². The molecular weight excluding hydrogens is 250 g/mol. The summed E-state index contributed by atoms with van der Waals surface area (Å²) >= 11 is 0. The first-order chi connectivity index (χ1) is 9.78. The second kappa shape index (κ2) is 5.94. The maximum atomic E-state index is 12.5.